The third kappa shape index (κ3) is 3.69. The van der Waals surface area contributed by atoms with Crippen LogP contribution in [0.5, 0.6) is 0 Å². The number of hydrogen-bond acceptors (Lipinski definition) is 3. The molecule has 3 aliphatic heterocycles. The highest BCUT2D eigenvalue weighted by molar-refractivity contribution is 5.73. The van der Waals surface area contributed by atoms with E-state index in [0.717, 1.165) is 45.1 Å². The number of nitrogens with zero attached hydrogens (tertiary/aromatic N) is 1. The van der Waals surface area contributed by atoms with Crippen molar-refractivity contribution in [2.24, 2.45) is 5.41 Å². The van der Waals surface area contributed by atoms with Crippen LogP contribution < -0.4 is 5.32 Å². The highest BCUT2D eigenvalue weighted by Gasteiger charge is 2.38. The third-order valence-corrected chi connectivity index (χ3v) is 5.03. The molecule has 21 heavy (non-hydrogen) atoms. The lowest BCUT2D eigenvalue weighted by Crippen LogP contribution is -2.54. The molecule has 1 unspecified atom stereocenters. The summed E-state index contributed by atoms with van der Waals surface area (Å²) in [5.41, 5.74) is 0.306. The SMILES string of the molecule is CC1(C)CCC(CCNC(=O)N2OC3CCC2CC3)OC1. The second kappa shape index (κ2) is 6.13. The molecule has 2 amide bonds. The zero-order chi connectivity index (χ0) is 14.9. The fraction of sp³-hybridized carbons (Fsp3) is 0.938. The Morgan fingerprint density at radius 2 is 2.00 bits per heavy atom. The number of hydroxylamine groups is 2. The Labute approximate surface area is 127 Å². The minimum absolute atomic E-state index is 0.0689. The number of urea groups is 1. The molecule has 4 rings (SSSR count). The summed E-state index contributed by atoms with van der Waals surface area (Å²) in [7, 11) is 0. The van der Waals surface area contributed by atoms with Crippen molar-refractivity contribution in [1.29, 1.82) is 0 Å². The summed E-state index contributed by atoms with van der Waals surface area (Å²) in [4.78, 5) is 17.9. The van der Waals surface area contributed by atoms with Gasteiger partial charge in [-0.2, -0.15) is 5.06 Å². The van der Waals surface area contributed by atoms with E-state index in [9.17, 15) is 4.79 Å². The molecule has 120 valence electrons. The molecule has 1 N–H and O–H groups in total. The molecular formula is C16H28N2O3. The van der Waals surface area contributed by atoms with Crippen LogP contribution in [0, 0.1) is 5.41 Å². The number of nitrogens with one attached hydrogen (secondary N) is 1. The first-order valence-corrected chi connectivity index (χ1v) is 8.39. The lowest BCUT2D eigenvalue weighted by molar-refractivity contribution is -0.240. The molecule has 0 aromatic rings. The predicted molar refractivity (Wildman–Crippen MR) is 79.7 cm³/mol. The zero-order valence-electron chi connectivity index (χ0n) is 13.3. The first-order valence-electron chi connectivity index (χ1n) is 8.39. The Hall–Kier alpha value is -0.810. The molecule has 1 aliphatic carbocycles. The van der Waals surface area contributed by atoms with Crippen LogP contribution in [0.2, 0.25) is 0 Å². The van der Waals surface area contributed by atoms with Gasteiger partial charge < -0.3 is 10.1 Å². The Kier molecular flexibility index (Phi) is 4.41. The van der Waals surface area contributed by atoms with Gasteiger partial charge in [0.1, 0.15) is 0 Å². The van der Waals surface area contributed by atoms with E-state index in [0.29, 0.717) is 12.0 Å². The molecule has 0 aromatic carbocycles. The van der Waals surface area contributed by atoms with Crippen molar-refractivity contribution in [1.82, 2.24) is 10.4 Å². The van der Waals surface area contributed by atoms with Crippen molar-refractivity contribution in [3.63, 3.8) is 0 Å². The first kappa shape index (κ1) is 15.1. The van der Waals surface area contributed by atoms with Gasteiger partial charge in [0.2, 0.25) is 0 Å². The van der Waals surface area contributed by atoms with Crippen LogP contribution in [-0.2, 0) is 9.57 Å². The molecule has 4 fully saturated rings. The van der Waals surface area contributed by atoms with E-state index in [1.807, 2.05) is 0 Å². The van der Waals surface area contributed by atoms with E-state index in [2.05, 4.69) is 19.2 Å². The van der Waals surface area contributed by atoms with Gasteiger partial charge in [0, 0.05) is 6.54 Å². The third-order valence-electron chi connectivity index (χ3n) is 5.03. The lowest BCUT2D eigenvalue weighted by Gasteiger charge is -2.43. The van der Waals surface area contributed by atoms with Crippen molar-refractivity contribution < 1.29 is 14.4 Å². The van der Waals surface area contributed by atoms with Gasteiger partial charge in [-0.15, -0.1) is 0 Å². The van der Waals surface area contributed by atoms with Crippen molar-refractivity contribution in [3.05, 3.63) is 0 Å². The van der Waals surface area contributed by atoms with Gasteiger partial charge >= 0.3 is 6.03 Å². The molecule has 0 radical (unpaired) electrons. The molecule has 5 nitrogen and oxygen atoms in total. The molecule has 3 saturated heterocycles. The summed E-state index contributed by atoms with van der Waals surface area (Å²) in [6.07, 6.45) is 8.09. The van der Waals surface area contributed by atoms with Crippen LogP contribution in [0.1, 0.15) is 58.8 Å². The number of carbonyl (C=O) groups excluding carboxylic acids is 1. The second-order valence-electron chi connectivity index (χ2n) is 7.52. The van der Waals surface area contributed by atoms with Crippen molar-refractivity contribution in [2.75, 3.05) is 13.2 Å². The van der Waals surface area contributed by atoms with Gasteiger partial charge in [-0.3, -0.25) is 4.84 Å². The standard InChI is InChI=1S/C16H28N2O3/c1-16(2)9-7-13(20-11-16)8-10-17-15(19)18-12-3-5-14(21-18)6-4-12/h12-14H,3-11H2,1-2H3,(H,17,19). The van der Waals surface area contributed by atoms with E-state index < -0.39 is 0 Å². The highest BCUT2D eigenvalue weighted by atomic mass is 16.7. The van der Waals surface area contributed by atoms with Crippen molar-refractivity contribution in [3.8, 4) is 0 Å². The fourth-order valence-corrected chi connectivity index (χ4v) is 3.54. The number of fused-ring (bicyclic) bond motifs is 3. The van der Waals surface area contributed by atoms with E-state index in [-0.39, 0.29) is 24.3 Å². The van der Waals surface area contributed by atoms with E-state index in [1.165, 1.54) is 6.42 Å². The molecule has 4 aliphatic rings. The van der Waals surface area contributed by atoms with E-state index >= 15 is 0 Å². The largest absolute Gasteiger partial charge is 0.378 e. The maximum atomic E-state index is 12.2. The van der Waals surface area contributed by atoms with Crippen LogP contribution in [0.3, 0.4) is 0 Å². The maximum absolute atomic E-state index is 12.2. The molecule has 0 spiro atoms. The Morgan fingerprint density at radius 1 is 1.24 bits per heavy atom. The summed E-state index contributed by atoms with van der Waals surface area (Å²) < 4.78 is 5.87. The average molecular weight is 296 g/mol. The number of amides is 2. The van der Waals surface area contributed by atoms with Crippen LogP contribution >= 0.6 is 0 Å². The highest BCUT2D eigenvalue weighted by Crippen LogP contribution is 2.33. The summed E-state index contributed by atoms with van der Waals surface area (Å²) in [6, 6.07) is 0.210. The van der Waals surface area contributed by atoms with Gasteiger partial charge in [-0.05, 0) is 50.4 Å². The number of rotatable bonds is 3. The van der Waals surface area contributed by atoms with Gasteiger partial charge in [-0.25, -0.2) is 4.79 Å². The number of ether oxygens (including phenoxy) is 1. The number of carbonyl (C=O) groups is 1. The summed E-state index contributed by atoms with van der Waals surface area (Å²) in [6.45, 7) is 5.98. The summed E-state index contributed by atoms with van der Waals surface area (Å²) >= 11 is 0. The maximum Gasteiger partial charge on any atom is 0.341 e. The molecular weight excluding hydrogens is 268 g/mol. The molecule has 5 heteroatoms. The van der Waals surface area contributed by atoms with Gasteiger partial charge in [0.05, 0.1) is 24.9 Å². The van der Waals surface area contributed by atoms with Crippen LogP contribution in [0.25, 0.3) is 0 Å². The van der Waals surface area contributed by atoms with E-state index in [4.69, 9.17) is 9.57 Å². The molecule has 2 bridgehead atoms. The topological polar surface area (TPSA) is 50.8 Å². The monoisotopic (exact) mass is 296 g/mol. The molecule has 3 heterocycles. The van der Waals surface area contributed by atoms with Gasteiger partial charge in [0.25, 0.3) is 0 Å². The molecule has 1 atom stereocenters. The molecule has 0 aromatic heterocycles. The molecule has 1 saturated carbocycles. The average Bonchev–Trinajstić information content (AvgIpc) is 2.50. The first-order chi connectivity index (χ1) is 10.0. The Balaban J connectivity index is 1.37. The smallest absolute Gasteiger partial charge is 0.341 e. The summed E-state index contributed by atoms with van der Waals surface area (Å²) in [5.74, 6) is 0. The van der Waals surface area contributed by atoms with Crippen molar-refractivity contribution in [2.45, 2.75) is 77.0 Å². The lowest BCUT2D eigenvalue weighted by atomic mass is 9.85. The number of hydrogen-bond donors (Lipinski definition) is 1. The quantitative estimate of drug-likeness (QED) is 0.871. The predicted octanol–water partition coefficient (Wildman–Crippen LogP) is 2.85. The van der Waals surface area contributed by atoms with Gasteiger partial charge in [-0.1, -0.05) is 13.8 Å². The zero-order valence-corrected chi connectivity index (χ0v) is 13.3. The normalized spacial score (nSPS) is 34.8. The van der Waals surface area contributed by atoms with Crippen LogP contribution in [0.15, 0.2) is 0 Å². The Morgan fingerprint density at radius 3 is 2.57 bits per heavy atom. The van der Waals surface area contributed by atoms with E-state index in [1.54, 1.807) is 5.06 Å². The second-order valence-corrected chi connectivity index (χ2v) is 7.52. The minimum Gasteiger partial charge on any atom is -0.378 e. The van der Waals surface area contributed by atoms with Gasteiger partial charge in [0.15, 0.2) is 0 Å². The minimum atomic E-state index is -0.0689. The summed E-state index contributed by atoms with van der Waals surface area (Å²) in [5, 5.41) is 4.57. The Bertz CT molecular complexity index is 368. The van der Waals surface area contributed by atoms with Crippen LogP contribution in [-0.4, -0.2) is 42.5 Å². The fourth-order valence-electron chi connectivity index (χ4n) is 3.54. The van der Waals surface area contributed by atoms with Crippen LogP contribution in [0.4, 0.5) is 4.79 Å². The van der Waals surface area contributed by atoms with Crippen molar-refractivity contribution >= 4 is 6.03 Å².